The van der Waals surface area contributed by atoms with Crippen LogP contribution in [-0.2, 0) is 0 Å². The van der Waals surface area contributed by atoms with Gasteiger partial charge in [-0.25, -0.2) is 4.98 Å². The zero-order valence-corrected chi connectivity index (χ0v) is 8.88. The molecule has 0 bridgehead atoms. The van der Waals surface area contributed by atoms with E-state index in [1.54, 1.807) is 6.20 Å². The van der Waals surface area contributed by atoms with Crippen LogP contribution in [0.2, 0.25) is 0 Å². The van der Waals surface area contributed by atoms with Crippen molar-refractivity contribution in [2.45, 2.75) is 13.8 Å². The first-order chi connectivity index (χ1) is 7.22. The Bertz CT molecular complexity index is 348. The molecule has 1 rings (SSSR count). The van der Waals surface area contributed by atoms with Crippen LogP contribution in [0.4, 0.5) is 5.82 Å². The van der Waals surface area contributed by atoms with Crippen molar-refractivity contribution < 1.29 is 5.21 Å². The lowest BCUT2D eigenvalue weighted by molar-refractivity contribution is 0.318. The predicted molar refractivity (Wildman–Crippen MR) is 58.1 cm³/mol. The molecule has 0 aliphatic carbocycles. The minimum absolute atomic E-state index is 0.0310. The van der Waals surface area contributed by atoms with Gasteiger partial charge in [0, 0.05) is 13.1 Å². The van der Waals surface area contributed by atoms with Gasteiger partial charge >= 0.3 is 0 Å². The first-order valence-electron chi connectivity index (χ1n) is 4.77. The van der Waals surface area contributed by atoms with Crippen LogP contribution in [-0.4, -0.2) is 34.1 Å². The van der Waals surface area contributed by atoms with E-state index in [1.165, 1.54) is 6.20 Å². The third kappa shape index (κ3) is 2.55. The molecule has 15 heavy (non-hydrogen) atoms. The monoisotopic (exact) mass is 209 g/mol. The van der Waals surface area contributed by atoms with Gasteiger partial charge in [0.1, 0.15) is 11.5 Å². The highest BCUT2D eigenvalue weighted by Gasteiger charge is 2.07. The predicted octanol–water partition coefficient (Wildman–Crippen LogP) is 0.417. The summed E-state index contributed by atoms with van der Waals surface area (Å²) in [5.74, 6) is 0.695. The first-order valence-corrected chi connectivity index (χ1v) is 4.77. The molecule has 0 aliphatic rings. The van der Waals surface area contributed by atoms with Gasteiger partial charge in [0.05, 0.1) is 12.4 Å². The Balaban J connectivity index is 3.01. The van der Waals surface area contributed by atoms with E-state index in [1.807, 2.05) is 18.7 Å². The van der Waals surface area contributed by atoms with Gasteiger partial charge in [-0.05, 0) is 13.8 Å². The molecular weight excluding hydrogens is 194 g/mol. The standard InChI is InChI=1S/C9H15N5O/c1-3-14(4-2)8-6-11-5-7(12-8)9(10)13-15/h5-6,15H,3-4H2,1-2H3,(H2,10,13). The quantitative estimate of drug-likeness (QED) is 0.325. The molecule has 0 fully saturated rings. The average Bonchev–Trinajstić information content (AvgIpc) is 2.30. The van der Waals surface area contributed by atoms with Gasteiger partial charge in [-0.15, -0.1) is 0 Å². The van der Waals surface area contributed by atoms with Gasteiger partial charge in [-0.2, -0.15) is 0 Å². The summed E-state index contributed by atoms with van der Waals surface area (Å²) >= 11 is 0. The van der Waals surface area contributed by atoms with Crippen molar-refractivity contribution in [1.82, 2.24) is 9.97 Å². The fourth-order valence-corrected chi connectivity index (χ4v) is 1.23. The molecule has 0 unspecified atom stereocenters. The topological polar surface area (TPSA) is 87.6 Å². The van der Waals surface area contributed by atoms with Crippen molar-refractivity contribution in [3.05, 3.63) is 18.1 Å². The van der Waals surface area contributed by atoms with Crippen LogP contribution >= 0.6 is 0 Å². The Labute approximate surface area is 88.4 Å². The number of anilines is 1. The highest BCUT2D eigenvalue weighted by Crippen LogP contribution is 2.08. The summed E-state index contributed by atoms with van der Waals surface area (Å²) in [5.41, 5.74) is 5.80. The number of hydrogen-bond donors (Lipinski definition) is 2. The van der Waals surface area contributed by atoms with E-state index in [9.17, 15) is 0 Å². The van der Waals surface area contributed by atoms with Crippen molar-refractivity contribution in [1.29, 1.82) is 0 Å². The van der Waals surface area contributed by atoms with Gasteiger partial charge < -0.3 is 15.8 Å². The number of nitrogens with two attached hydrogens (primary N) is 1. The average molecular weight is 209 g/mol. The van der Waals surface area contributed by atoms with E-state index in [2.05, 4.69) is 15.1 Å². The second-order valence-electron chi connectivity index (χ2n) is 2.92. The maximum atomic E-state index is 8.51. The summed E-state index contributed by atoms with van der Waals surface area (Å²) in [6, 6.07) is 0. The third-order valence-electron chi connectivity index (χ3n) is 2.08. The van der Waals surface area contributed by atoms with Crippen LogP contribution in [0.25, 0.3) is 0 Å². The first kappa shape index (κ1) is 11.2. The molecule has 82 valence electrons. The molecule has 0 saturated heterocycles. The van der Waals surface area contributed by atoms with E-state index in [-0.39, 0.29) is 5.84 Å². The number of aromatic nitrogens is 2. The maximum absolute atomic E-state index is 8.51. The van der Waals surface area contributed by atoms with Crippen LogP contribution in [0.5, 0.6) is 0 Å². The summed E-state index contributed by atoms with van der Waals surface area (Å²) in [7, 11) is 0. The lowest BCUT2D eigenvalue weighted by Crippen LogP contribution is -2.25. The zero-order valence-electron chi connectivity index (χ0n) is 8.88. The van der Waals surface area contributed by atoms with E-state index in [0.717, 1.165) is 18.9 Å². The number of nitrogens with zero attached hydrogens (tertiary/aromatic N) is 4. The molecule has 0 amide bonds. The van der Waals surface area contributed by atoms with Crippen LogP contribution in [0.15, 0.2) is 17.5 Å². The molecule has 0 aliphatic heterocycles. The lowest BCUT2D eigenvalue weighted by Gasteiger charge is -2.19. The Morgan fingerprint density at radius 1 is 1.47 bits per heavy atom. The molecule has 6 nitrogen and oxygen atoms in total. The number of rotatable bonds is 4. The van der Waals surface area contributed by atoms with Crippen molar-refractivity contribution in [3.8, 4) is 0 Å². The molecule has 0 aromatic carbocycles. The minimum Gasteiger partial charge on any atom is -0.409 e. The summed E-state index contributed by atoms with van der Waals surface area (Å²) < 4.78 is 0. The summed E-state index contributed by atoms with van der Waals surface area (Å²) in [6.45, 7) is 5.73. The molecule has 0 radical (unpaired) electrons. The van der Waals surface area contributed by atoms with Crippen molar-refractivity contribution >= 4 is 11.7 Å². The van der Waals surface area contributed by atoms with Gasteiger partial charge in [-0.3, -0.25) is 4.98 Å². The lowest BCUT2D eigenvalue weighted by atomic mass is 10.4. The Morgan fingerprint density at radius 2 is 2.13 bits per heavy atom. The van der Waals surface area contributed by atoms with Crippen LogP contribution in [0.1, 0.15) is 19.5 Å². The summed E-state index contributed by atoms with van der Waals surface area (Å²) in [5, 5.41) is 11.4. The molecule has 1 heterocycles. The molecule has 3 N–H and O–H groups in total. The van der Waals surface area contributed by atoms with E-state index < -0.39 is 0 Å². The molecule has 6 heteroatoms. The van der Waals surface area contributed by atoms with Crippen LogP contribution in [0, 0.1) is 0 Å². The molecular formula is C9H15N5O. The second-order valence-corrected chi connectivity index (χ2v) is 2.92. The second kappa shape index (κ2) is 5.14. The van der Waals surface area contributed by atoms with E-state index >= 15 is 0 Å². The van der Waals surface area contributed by atoms with Crippen molar-refractivity contribution in [3.63, 3.8) is 0 Å². The van der Waals surface area contributed by atoms with Crippen LogP contribution < -0.4 is 10.6 Å². The zero-order chi connectivity index (χ0) is 11.3. The Morgan fingerprint density at radius 3 is 2.67 bits per heavy atom. The van der Waals surface area contributed by atoms with Gasteiger partial charge in [0.15, 0.2) is 5.84 Å². The Hall–Kier alpha value is -1.85. The minimum atomic E-state index is -0.0310. The van der Waals surface area contributed by atoms with E-state index in [4.69, 9.17) is 10.9 Å². The van der Waals surface area contributed by atoms with Gasteiger partial charge in [0.2, 0.25) is 0 Å². The molecule has 0 spiro atoms. The molecule has 1 aromatic heterocycles. The van der Waals surface area contributed by atoms with Crippen molar-refractivity contribution in [2.75, 3.05) is 18.0 Å². The van der Waals surface area contributed by atoms with Gasteiger partial charge in [-0.1, -0.05) is 5.16 Å². The highest BCUT2D eigenvalue weighted by molar-refractivity contribution is 5.95. The fraction of sp³-hybridized carbons (Fsp3) is 0.444. The third-order valence-corrected chi connectivity index (χ3v) is 2.08. The summed E-state index contributed by atoms with van der Waals surface area (Å²) in [6.07, 6.45) is 3.11. The van der Waals surface area contributed by atoms with E-state index in [0.29, 0.717) is 5.69 Å². The molecule has 0 saturated carbocycles. The number of oxime groups is 1. The number of hydrogen-bond acceptors (Lipinski definition) is 5. The number of amidine groups is 1. The maximum Gasteiger partial charge on any atom is 0.190 e. The normalized spacial score (nSPS) is 11.5. The van der Waals surface area contributed by atoms with Crippen LogP contribution in [0.3, 0.4) is 0 Å². The molecule has 1 aromatic rings. The molecule has 0 atom stereocenters. The smallest absolute Gasteiger partial charge is 0.190 e. The van der Waals surface area contributed by atoms with Crippen molar-refractivity contribution in [2.24, 2.45) is 10.9 Å². The fourth-order valence-electron chi connectivity index (χ4n) is 1.23. The Kier molecular flexibility index (Phi) is 3.84. The largest absolute Gasteiger partial charge is 0.409 e. The highest BCUT2D eigenvalue weighted by atomic mass is 16.4. The summed E-state index contributed by atoms with van der Waals surface area (Å²) in [4.78, 5) is 10.3. The van der Waals surface area contributed by atoms with Gasteiger partial charge in [0.25, 0.3) is 0 Å². The SMILES string of the molecule is CCN(CC)c1cncc(/C(N)=N/O)n1.